The molecule has 0 spiro atoms. The topological polar surface area (TPSA) is 8.81 Å². The SMILES string of the molecule is C[n+]1ccn(CCCP(Br)(c2ccccc2)(c2ccccc2)c2ccccc2)c1. The van der Waals surface area contributed by atoms with Gasteiger partial charge in [-0.15, -0.1) is 0 Å². The second-order valence-corrected chi connectivity index (χ2v) is 16.6. The zero-order chi connectivity index (χ0) is 20.2. The van der Waals surface area contributed by atoms with Crippen LogP contribution < -0.4 is 20.5 Å². The number of hydrogen-bond donors (Lipinski definition) is 0. The summed E-state index contributed by atoms with van der Waals surface area (Å²) in [5.74, 6) is 0. The number of imidazole rings is 1. The quantitative estimate of drug-likeness (QED) is 0.279. The van der Waals surface area contributed by atoms with Crippen molar-refractivity contribution in [3.63, 3.8) is 0 Å². The van der Waals surface area contributed by atoms with Crippen molar-refractivity contribution in [2.75, 3.05) is 6.16 Å². The molecule has 0 unspecified atom stereocenters. The molecule has 0 atom stereocenters. The van der Waals surface area contributed by atoms with E-state index >= 15 is 0 Å². The third-order valence-electron chi connectivity index (χ3n) is 5.70. The van der Waals surface area contributed by atoms with Crippen molar-refractivity contribution < 1.29 is 4.57 Å². The van der Waals surface area contributed by atoms with Gasteiger partial charge in [0.1, 0.15) is 0 Å². The Morgan fingerprint density at radius 1 is 0.759 bits per heavy atom. The Bertz CT molecular complexity index is 962. The second kappa shape index (κ2) is 8.26. The Kier molecular flexibility index (Phi) is 5.72. The maximum atomic E-state index is 4.51. The molecule has 0 aliphatic heterocycles. The first-order valence-corrected chi connectivity index (χ1v) is 14.5. The average Bonchev–Trinajstić information content (AvgIpc) is 3.20. The summed E-state index contributed by atoms with van der Waals surface area (Å²) in [5.41, 5.74) is 0. The number of nitrogens with zero attached hydrogens (tertiary/aromatic N) is 2. The van der Waals surface area contributed by atoms with Gasteiger partial charge >= 0.3 is 182 Å². The van der Waals surface area contributed by atoms with Crippen molar-refractivity contribution in [3.8, 4) is 0 Å². The van der Waals surface area contributed by atoms with E-state index in [9.17, 15) is 0 Å². The predicted molar refractivity (Wildman–Crippen MR) is 129 cm³/mol. The van der Waals surface area contributed by atoms with E-state index in [2.05, 4.69) is 141 Å². The summed E-state index contributed by atoms with van der Waals surface area (Å²) in [6.07, 6.45) is 8.54. The van der Waals surface area contributed by atoms with Crippen LogP contribution in [0.3, 0.4) is 0 Å². The minimum absolute atomic E-state index is 0.997. The van der Waals surface area contributed by atoms with Gasteiger partial charge in [-0.2, -0.15) is 0 Å². The monoisotopic (exact) mass is 465 g/mol. The molecule has 29 heavy (non-hydrogen) atoms. The fourth-order valence-corrected chi connectivity index (χ4v) is 11.9. The summed E-state index contributed by atoms with van der Waals surface area (Å²) in [6, 6.07) is 33.1. The van der Waals surface area contributed by atoms with Gasteiger partial charge in [0, 0.05) is 0 Å². The van der Waals surface area contributed by atoms with Crippen molar-refractivity contribution in [2.24, 2.45) is 7.05 Å². The first-order chi connectivity index (χ1) is 14.1. The molecule has 0 aliphatic carbocycles. The molecule has 0 saturated carbocycles. The molecule has 2 nitrogen and oxygen atoms in total. The van der Waals surface area contributed by atoms with E-state index in [1.54, 1.807) is 0 Å². The predicted octanol–water partition coefficient (Wildman–Crippen LogP) is 4.54. The fourth-order valence-electron chi connectivity index (χ4n) is 4.24. The molecule has 4 rings (SSSR count). The first-order valence-electron chi connectivity index (χ1n) is 10.0. The van der Waals surface area contributed by atoms with Gasteiger partial charge in [-0.05, 0) is 0 Å². The number of aromatic nitrogens is 2. The molecule has 3 aromatic carbocycles. The van der Waals surface area contributed by atoms with Gasteiger partial charge in [0.15, 0.2) is 0 Å². The van der Waals surface area contributed by atoms with Crippen LogP contribution >= 0.6 is 20.8 Å². The van der Waals surface area contributed by atoms with Crippen molar-refractivity contribution >= 4 is 36.7 Å². The van der Waals surface area contributed by atoms with E-state index in [4.69, 9.17) is 0 Å². The molecule has 1 heterocycles. The van der Waals surface area contributed by atoms with E-state index in [-0.39, 0.29) is 0 Å². The molecule has 4 aromatic rings. The van der Waals surface area contributed by atoms with Crippen LogP contribution in [0, 0.1) is 0 Å². The Morgan fingerprint density at radius 3 is 1.59 bits per heavy atom. The zero-order valence-electron chi connectivity index (χ0n) is 16.7. The summed E-state index contributed by atoms with van der Waals surface area (Å²) in [4.78, 5) is 0. The van der Waals surface area contributed by atoms with Crippen LogP contribution in [0.15, 0.2) is 110 Å². The normalized spacial score (nSPS) is 13.0. The summed E-state index contributed by atoms with van der Waals surface area (Å²) in [7, 11) is 2.07. The summed E-state index contributed by atoms with van der Waals surface area (Å²) in [5, 5.41) is 1.36. The Balaban J connectivity index is 1.86. The van der Waals surface area contributed by atoms with Crippen LogP contribution in [0.4, 0.5) is 0 Å². The van der Waals surface area contributed by atoms with Crippen LogP contribution in [0.5, 0.6) is 0 Å². The molecular weight excluding hydrogens is 439 g/mol. The van der Waals surface area contributed by atoms with Crippen LogP contribution in [-0.2, 0) is 13.6 Å². The molecular formula is C25H27BrN2P+. The third kappa shape index (κ3) is 3.70. The fraction of sp³-hybridized carbons (Fsp3) is 0.160. The van der Waals surface area contributed by atoms with Crippen LogP contribution in [0.2, 0.25) is 0 Å². The van der Waals surface area contributed by atoms with E-state index in [1.165, 1.54) is 15.9 Å². The van der Waals surface area contributed by atoms with Gasteiger partial charge < -0.3 is 0 Å². The zero-order valence-corrected chi connectivity index (χ0v) is 19.2. The van der Waals surface area contributed by atoms with Crippen molar-refractivity contribution in [2.45, 2.75) is 13.0 Å². The van der Waals surface area contributed by atoms with Crippen LogP contribution in [-0.4, -0.2) is 10.7 Å². The van der Waals surface area contributed by atoms with E-state index in [0.29, 0.717) is 0 Å². The minimum atomic E-state index is -2.79. The summed E-state index contributed by atoms with van der Waals surface area (Å²) < 4.78 is 4.37. The van der Waals surface area contributed by atoms with Gasteiger partial charge in [0.2, 0.25) is 0 Å². The number of rotatable bonds is 7. The molecule has 1 aromatic heterocycles. The molecule has 148 valence electrons. The average molecular weight is 466 g/mol. The number of halogens is 1. The molecule has 0 saturated heterocycles. The third-order valence-corrected chi connectivity index (χ3v) is 15.7. The number of benzene rings is 3. The maximum absolute atomic E-state index is 4.51. The second-order valence-electron chi connectivity index (χ2n) is 7.58. The van der Waals surface area contributed by atoms with E-state index < -0.39 is 5.31 Å². The van der Waals surface area contributed by atoms with Gasteiger partial charge in [-0.3, -0.25) is 0 Å². The molecule has 0 N–H and O–H groups in total. The van der Waals surface area contributed by atoms with Gasteiger partial charge in [-0.1, -0.05) is 0 Å². The van der Waals surface area contributed by atoms with Gasteiger partial charge in [-0.25, -0.2) is 0 Å². The number of hydrogen-bond acceptors (Lipinski definition) is 0. The summed E-state index contributed by atoms with van der Waals surface area (Å²) in [6.45, 7) is 0.997. The first kappa shape index (κ1) is 20.1. The van der Waals surface area contributed by atoms with Crippen molar-refractivity contribution in [1.29, 1.82) is 0 Å². The van der Waals surface area contributed by atoms with Gasteiger partial charge in [0.05, 0.1) is 0 Å². The molecule has 0 aliphatic rings. The van der Waals surface area contributed by atoms with E-state index in [0.717, 1.165) is 19.1 Å². The molecule has 0 fully saturated rings. The van der Waals surface area contributed by atoms with Crippen LogP contribution in [0.25, 0.3) is 0 Å². The molecule has 0 radical (unpaired) electrons. The standard InChI is InChI=1S/C25H27BrN2P/c1-27-19-20-28(22-27)18-11-21-29(26,23-12-5-2-6-13-23,24-14-7-3-8-15-24)25-16-9-4-10-17-25/h2-10,12-17,19-20,22H,11,18,21H2,1H3/q+1. The Morgan fingerprint density at radius 2 is 1.21 bits per heavy atom. The summed E-state index contributed by atoms with van der Waals surface area (Å²) >= 11 is 4.51. The van der Waals surface area contributed by atoms with E-state index in [1.807, 2.05) is 0 Å². The molecule has 0 amide bonds. The molecule has 0 bridgehead atoms. The Labute approximate surface area is 181 Å². The van der Waals surface area contributed by atoms with Crippen molar-refractivity contribution in [3.05, 3.63) is 110 Å². The van der Waals surface area contributed by atoms with Crippen LogP contribution in [0.1, 0.15) is 6.42 Å². The van der Waals surface area contributed by atoms with Gasteiger partial charge in [0.25, 0.3) is 0 Å². The van der Waals surface area contributed by atoms with Crippen molar-refractivity contribution in [1.82, 2.24) is 4.57 Å². The Hall–Kier alpha value is -2.22. The number of aryl methyl sites for hydroxylation is 2. The molecule has 4 heteroatoms.